The van der Waals surface area contributed by atoms with Gasteiger partial charge in [-0.1, -0.05) is 52.4 Å². The molecule has 3 heteroatoms. The van der Waals surface area contributed by atoms with Crippen molar-refractivity contribution >= 4 is 6.09 Å². The largest absolute Gasteiger partial charge is 0.449 e. The van der Waals surface area contributed by atoms with Crippen LogP contribution >= 0.6 is 0 Å². The molecule has 0 heterocycles. The first kappa shape index (κ1) is 15.7. The lowest BCUT2D eigenvalue weighted by Crippen LogP contribution is -2.49. The van der Waals surface area contributed by atoms with Gasteiger partial charge in [0.2, 0.25) is 0 Å². The Balaban J connectivity index is 1.99. The fourth-order valence-corrected chi connectivity index (χ4v) is 3.63. The van der Waals surface area contributed by atoms with Crippen molar-refractivity contribution in [2.75, 3.05) is 6.61 Å². The molecule has 20 heavy (non-hydrogen) atoms. The van der Waals surface area contributed by atoms with Crippen molar-refractivity contribution in [2.45, 2.75) is 90.1 Å². The lowest BCUT2D eigenvalue weighted by Gasteiger charge is -2.40. The molecule has 2 aliphatic rings. The van der Waals surface area contributed by atoms with Crippen LogP contribution in [-0.4, -0.2) is 29.7 Å². The molecule has 2 saturated carbocycles. The summed E-state index contributed by atoms with van der Waals surface area (Å²) in [6.45, 7) is 4.74. The fraction of sp³-hybridized carbons (Fsp3) is 0.941. The SMILES string of the molecule is CC(C)COC(=O)N(C1CCCCC1)C1CCCCC1. The average Bonchev–Trinajstić information content (AvgIpc) is 2.48. The highest BCUT2D eigenvalue weighted by Crippen LogP contribution is 2.30. The maximum absolute atomic E-state index is 12.5. The summed E-state index contributed by atoms with van der Waals surface area (Å²) in [5.41, 5.74) is 0. The molecule has 0 aromatic heterocycles. The minimum Gasteiger partial charge on any atom is -0.449 e. The van der Waals surface area contributed by atoms with Crippen LogP contribution in [0.5, 0.6) is 0 Å². The second-order valence-electron chi connectivity index (χ2n) is 6.96. The van der Waals surface area contributed by atoms with Gasteiger partial charge in [-0.25, -0.2) is 4.79 Å². The van der Waals surface area contributed by atoms with Gasteiger partial charge in [0, 0.05) is 12.1 Å². The van der Waals surface area contributed by atoms with Gasteiger partial charge in [0.1, 0.15) is 0 Å². The van der Waals surface area contributed by atoms with Crippen LogP contribution in [0.25, 0.3) is 0 Å². The van der Waals surface area contributed by atoms with E-state index in [4.69, 9.17) is 4.74 Å². The van der Waals surface area contributed by atoms with Gasteiger partial charge in [-0.2, -0.15) is 0 Å². The van der Waals surface area contributed by atoms with E-state index < -0.39 is 0 Å². The molecule has 2 aliphatic carbocycles. The van der Waals surface area contributed by atoms with Crippen LogP contribution in [0.1, 0.15) is 78.1 Å². The normalized spacial score (nSPS) is 21.9. The molecule has 0 spiro atoms. The fourth-order valence-electron chi connectivity index (χ4n) is 3.63. The zero-order valence-electron chi connectivity index (χ0n) is 13.3. The minimum atomic E-state index is -0.0440. The van der Waals surface area contributed by atoms with Gasteiger partial charge in [-0.3, -0.25) is 0 Å². The van der Waals surface area contributed by atoms with Crippen LogP contribution in [0.2, 0.25) is 0 Å². The third-order valence-corrected chi connectivity index (χ3v) is 4.69. The van der Waals surface area contributed by atoms with Crippen molar-refractivity contribution in [1.29, 1.82) is 0 Å². The molecule has 2 rings (SSSR count). The van der Waals surface area contributed by atoms with Crippen LogP contribution in [0.3, 0.4) is 0 Å². The van der Waals surface area contributed by atoms with E-state index in [9.17, 15) is 4.79 Å². The third-order valence-electron chi connectivity index (χ3n) is 4.69. The molecule has 116 valence electrons. The summed E-state index contributed by atoms with van der Waals surface area (Å²) in [6.07, 6.45) is 12.4. The van der Waals surface area contributed by atoms with Crippen LogP contribution < -0.4 is 0 Å². The monoisotopic (exact) mass is 281 g/mol. The minimum absolute atomic E-state index is 0.0440. The Hall–Kier alpha value is -0.730. The van der Waals surface area contributed by atoms with E-state index in [1.54, 1.807) is 0 Å². The zero-order chi connectivity index (χ0) is 14.4. The van der Waals surface area contributed by atoms with E-state index in [2.05, 4.69) is 18.7 Å². The Morgan fingerprint density at radius 1 is 0.950 bits per heavy atom. The molecule has 0 radical (unpaired) electrons. The maximum atomic E-state index is 12.5. The van der Waals surface area contributed by atoms with Gasteiger partial charge in [-0.05, 0) is 31.6 Å². The predicted octanol–water partition coefficient (Wildman–Crippen LogP) is 4.75. The first-order valence-corrected chi connectivity index (χ1v) is 8.63. The second-order valence-corrected chi connectivity index (χ2v) is 6.96. The molecule has 0 N–H and O–H groups in total. The third kappa shape index (κ3) is 4.39. The number of rotatable bonds is 4. The summed E-state index contributed by atoms with van der Waals surface area (Å²) in [7, 11) is 0. The van der Waals surface area contributed by atoms with E-state index in [1.807, 2.05) is 0 Å². The molecule has 0 aliphatic heterocycles. The molecule has 0 unspecified atom stereocenters. The molecular weight excluding hydrogens is 250 g/mol. The quantitative estimate of drug-likeness (QED) is 0.744. The van der Waals surface area contributed by atoms with Crippen LogP contribution in [0.15, 0.2) is 0 Å². The van der Waals surface area contributed by atoms with Crippen molar-refractivity contribution < 1.29 is 9.53 Å². The van der Waals surface area contributed by atoms with Gasteiger partial charge < -0.3 is 9.64 Å². The van der Waals surface area contributed by atoms with E-state index in [1.165, 1.54) is 64.2 Å². The summed E-state index contributed by atoms with van der Waals surface area (Å²) in [5.74, 6) is 0.415. The topological polar surface area (TPSA) is 29.5 Å². The number of amides is 1. The Morgan fingerprint density at radius 3 is 1.80 bits per heavy atom. The van der Waals surface area contributed by atoms with E-state index in [0.717, 1.165) is 0 Å². The van der Waals surface area contributed by atoms with E-state index in [-0.39, 0.29) is 6.09 Å². The van der Waals surface area contributed by atoms with Crippen LogP contribution in [0, 0.1) is 5.92 Å². The predicted molar refractivity (Wildman–Crippen MR) is 81.8 cm³/mol. The number of carbonyl (C=O) groups excluding carboxylic acids is 1. The smallest absolute Gasteiger partial charge is 0.410 e. The Morgan fingerprint density at radius 2 is 1.40 bits per heavy atom. The number of ether oxygens (including phenoxy) is 1. The lowest BCUT2D eigenvalue weighted by molar-refractivity contribution is 0.0400. The number of hydrogen-bond donors (Lipinski definition) is 0. The summed E-state index contributed by atoms with van der Waals surface area (Å²) < 4.78 is 5.56. The lowest BCUT2D eigenvalue weighted by atomic mass is 9.89. The summed E-state index contributed by atoms with van der Waals surface area (Å²) in [4.78, 5) is 14.7. The zero-order valence-corrected chi connectivity index (χ0v) is 13.3. The highest BCUT2D eigenvalue weighted by Gasteiger charge is 2.33. The van der Waals surface area contributed by atoms with Gasteiger partial charge >= 0.3 is 6.09 Å². The second kappa shape index (κ2) is 7.90. The number of nitrogens with zero attached hydrogens (tertiary/aromatic N) is 1. The van der Waals surface area contributed by atoms with E-state index >= 15 is 0 Å². The van der Waals surface area contributed by atoms with Gasteiger partial charge in [-0.15, -0.1) is 0 Å². The van der Waals surface area contributed by atoms with Gasteiger partial charge in [0.05, 0.1) is 6.61 Å². The molecule has 1 amide bonds. The Kier molecular flexibility index (Phi) is 6.18. The molecule has 0 aromatic carbocycles. The Labute approximate surface area is 124 Å². The first-order chi connectivity index (χ1) is 9.68. The molecule has 0 bridgehead atoms. The van der Waals surface area contributed by atoms with Gasteiger partial charge in [0.15, 0.2) is 0 Å². The molecule has 0 saturated heterocycles. The van der Waals surface area contributed by atoms with Crippen molar-refractivity contribution in [2.24, 2.45) is 5.92 Å². The van der Waals surface area contributed by atoms with Crippen molar-refractivity contribution in [3.8, 4) is 0 Å². The molecule has 3 nitrogen and oxygen atoms in total. The van der Waals surface area contributed by atoms with Crippen molar-refractivity contribution in [1.82, 2.24) is 4.90 Å². The highest BCUT2D eigenvalue weighted by atomic mass is 16.6. The number of hydrogen-bond acceptors (Lipinski definition) is 2. The Bertz CT molecular complexity index is 273. The summed E-state index contributed by atoms with van der Waals surface area (Å²) in [6, 6.07) is 0.873. The first-order valence-electron chi connectivity index (χ1n) is 8.63. The van der Waals surface area contributed by atoms with Crippen LogP contribution in [-0.2, 0) is 4.74 Å². The number of carbonyl (C=O) groups is 1. The standard InChI is InChI=1S/C17H31NO2/c1-14(2)13-20-17(19)18(15-9-5-3-6-10-15)16-11-7-4-8-12-16/h14-16H,3-13H2,1-2H3. The maximum Gasteiger partial charge on any atom is 0.410 e. The van der Waals surface area contributed by atoms with Crippen LogP contribution in [0.4, 0.5) is 4.79 Å². The highest BCUT2D eigenvalue weighted by molar-refractivity contribution is 5.68. The summed E-state index contributed by atoms with van der Waals surface area (Å²) in [5, 5.41) is 0. The average molecular weight is 281 g/mol. The summed E-state index contributed by atoms with van der Waals surface area (Å²) >= 11 is 0. The molecule has 0 aromatic rings. The molecule has 2 fully saturated rings. The van der Waals surface area contributed by atoms with Crippen molar-refractivity contribution in [3.05, 3.63) is 0 Å². The molecular formula is C17H31NO2. The van der Waals surface area contributed by atoms with Crippen molar-refractivity contribution in [3.63, 3.8) is 0 Å². The van der Waals surface area contributed by atoms with E-state index in [0.29, 0.717) is 24.6 Å². The molecule has 0 atom stereocenters. The van der Waals surface area contributed by atoms with Gasteiger partial charge in [0.25, 0.3) is 0 Å².